The minimum absolute atomic E-state index is 0.103. The van der Waals surface area contributed by atoms with E-state index in [0.29, 0.717) is 34.1 Å². The van der Waals surface area contributed by atoms with Crippen LogP contribution in [0.4, 0.5) is 17.2 Å². The number of benzene rings is 2. The number of rotatable bonds is 7. The van der Waals surface area contributed by atoms with E-state index in [1.807, 2.05) is 37.3 Å². The Morgan fingerprint density at radius 3 is 2.86 bits per heavy atom. The van der Waals surface area contributed by atoms with Gasteiger partial charge in [0.25, 0.3) is 5.91 Å². The quantitative estimate of drug-likeness (QED) is 0.245. The second-order valence-corrected chi connectivity index (χ2v) is 8.67. The summed E-state index contributed by atoms with van der Waals surface area (Å²) in [5.41, 5.74) is 3.31. The summed E-state index contributed by atoms with van der Waals surface area (Å²) in [6.45, 7) is 2.02. The third kappa shape index (κ3) is 4.95. The molecule has 0 unspecified atom stereocenters. The van der Waals surface area contributed by atoms with E-state index in [1.54, 1.807) is 47.4 Å². The van der Waals surface area contributed by atoms with E-state index in [9.17, 15) is 10.1 Å². The van der Waals surface area contributed by atoms with Crippen molar-refractivity contribution < 1.29 is 9.53 Å². The number of nitrogens with one attached hydrogen (secondary N) is 2. The van der Waals surface area contributed by atoms with Crippen molar-refractivity contribution in [3.63, 3.8) is 0 Å². The van der Waals surface area contributed by atoms with Crippen molar-refractivity contribution in [3.05, 3.63) is 83.4 Å². The van der Waals surface area contributed by atoms with Crippen LogP contribution in [-0.4, -0.2) is 20.3 Å². The van der Waals surface area contributed by atoms with Gasteiger partial charge in [-0.15, -0.1) is 0 Å². The first-order valence-corrected chi connectivity index (χ1v) is 11.4. The third-order valence-corrected chi connectivity index (χ3v) is 5.93. The molecule has 1 amide bonds. The number of hydrogen-bond donors (Lipinski definition) is 2. The van der Waals surface area contributed by atoms with Gasteiger partial charge in [0.2, 0.25) is 5.88 Å². The molecule has 0 aliphatic heterocycles. The van der Waals surface area contributed by atoms with Crippen LogP contribution in [0.3, 0.4) is 0 Å². The number of hydrogen-bond acceptors (Lipinski definition) is 6. The van der Waals surface area contributed by atoms with E-state index >= 15 is 0 Å². The Morgan fingerprint density at radius 1 is 1.26 bits per heavy atom. The first-order valence-electron chi connectivity index (χ1n) is 11.1. The van der Waals surface area contributed by atoms with Gasteiger partial charge < -0.3 is 15.4 Å². The largest absolute Gasteiger partial charge is 0.437 e. The lowest BCUT2D eigenvalue weighted by atomic mass is 10.2. The van der Waals surface area contributed by atoms with Crippen molar-refractivity contribution in [2.24, 2.45) is 5.92 Å². The molecule has 1 aliphatic carbocycles. The molecule has 0 radical (unpaired) electrons. The minimum Gasteiger partial charge on any atom is -0.437 e. The van der Waals surface area contributed by atoms with Gasteiger partial charge in [-0.1, -0.05) is 35.9 Å². The maximum absolute atomic E-state index is 12.5. The van der Waals surface area contributed by atoms with Crippen molar-refractivity contribution in [1.29, 1.82) is 5.26 Å². The second kappa shape index (κ2) is 9.49. The topological polar surface area (TPSA) is 104 Å². The van der Waals surface area contributed by atoms with Crippen LogP contribution < -0.4 is 15.4 Å². The lowest BCUT2D eigenvalue weighted by molar-refractivity contribution is -0.112. The molecule has 1 aliphatic rings. The standard InChI is InChI=1S/C26H21ClN6O2/c1-16-4-2-3-5-21(16)32-25-22-13-29-15-33(22)24(14-30-25)35-23-11-19(8-9-20(23)27)31-26(34)18(12-28)10-17-6-7-17/h2-5,8-11,13-15,17H,6-7H2,1H3,(H,30,32)(H,31,34)/b18-10+. The summed E-state index contributed by atoms with van der Waals surface area (Å²) in [4.78, 5) is 21.3. The number of aromatic nitrogens is 3. The van der Waals surface area contributed by atoms with E-state index in [2.05, 4.69) is 20.6 Å². The van der Waals surface area contributed by atoms with Gasteiger partial charge in [0, 0.05) is 17.4 Å². The number of allylic oxidation sites excluding steroid dienone is 1. The molecular weight excluding hydrogens is 464 g/mol. The molecule has 35 heavy (non-hydrogen) atoms. The van der Waals surface area contributed by atoms with E-state index in [0.717, 1.165) is 29.6 Å². The summed E-state index contributed by atoms with van der Waals surface area (Å²) in [6.07, 6.45) is 8.62. The molecule has 0 spiro atoms. The van der Waals surface area contributed by atoms with Gasteiger partial charge in [0.15, 0.2) is 5.82 Å². The lowest BCUT2D eigenvalue weighted by Gasteiger charge is -2.14. The molecule has 2 N–H and O–H groups in total. The summed E-state index contributed by atoms with van der Waals surface area (Å²) >= 11 is 6.37. The van der Waals surface area contributed by atoms with Crippen molar-refractivity contribution in [2.45, 2.75) is 19.8 Å². The molecule has 8 nitrogen and oxygen atoms in total. The number of nitriles is 1. The fourth-order valence-corrected chi connectivity index (χ4v) is 3.70. The number of halogens is 1. The molecule has 0 bridgehead atoms. The number of nitrogens with zero attached hydrogens (tertiary/aromatic N) is 4. The average Bonchev–Trinajstić information content (AvgIpc) is 3.54. The maximum atomic E-state index is 12.5. The Bertz CT molecular complexity index is 1500. The summed E-state index contributed by atoms with van der Waals surface area (Å²) in [5, 5.41) is 15.7. The molecule has 5 rings (SSSR count). The average molecular weight is 485 g/mol. The van der Waals surface area contributed by atoms with Gasteiger partial charge >= 0.3 is 0 Å². The Labute approximate surface area is 206 Å². The number of imidazole rings is 1. The summed E-state index contributed by atoms with van der Waals surface area (Å²) < 4.78 is 7.81. The van der Waals surface area contributed by atoms with Crippen molar-refractivity contribution in [3.8, 4) is 17.7 Å². The number of carbonyl (C=O) groups excluding carboxylic acids is 1. The van der Waals surface area contributed by atoms with Gasteiger partial charge in [-0.25, -0.2) is 9.97 Å². The normalized spacial score (nSPS) is 13.3. The summed E-state index contributed by atoms with van der Waals surface area (Å²) in [6, 6.07) is 14.8. The zero-order chi connectivity index (χ0) is 24.4. The number of carbonyl (C=O) groups is 1. The molecule has 2 heterocycles. The highest BCUT2D eigenvalue weighted by atomic mass is 35.5. The molecule has 174 valence electrons. The minimum atomic E-state index is -0.460. The number of aryl methyl sites for hydroxylation is 1. The van der Waals surface area contributed by atoms with Crippen LogP contribution >= 0.6 is 11.6 Å². The SMILES string of the molecule is Cc1ccccc1Nc1ncc(Oc2cc(NC(=O)/C(C#N)=C/C3CC3)ccc2Cl)n2cncc12. The highest BCUT2D eigenvalue weighted by molar-refractivity contribution is 6.32. The fraction of sp³-hybridized carbons (Fsp3) is 0.154. The number of fused-ring (bicyclic) bond motifs is 1. The molecule has 2 aromatic heterocycles. The van der Waals surface area contributed by atoms with Gasteiger partial charge in [-0.2, -0.15) is 5.26 Å². The van der Waals surface area contributed by atoms with Crippen LogP contribution in [0.15, 0.2) is 72.8 Å². The van der Waals surface area contributed by atoms with Gasteiger partial charge in [0.1, 0.15) is 29.2 Å². The molecule has 0 atom stereocenters. The monoisotopic (exact) mass is 484 g/mol. The molecule has 0 saturated heterocycles. The number of anilines is 3. The van der Waals surface area contributed by atoms with Crippen LogP contribution in [0.1, 0.15) is 18.4 Å². The predicted molar refractivity (Wildman–Crippen MR) is 134 cm³/mol. The van der Waals surface area contributed by atoms with Crippen LogP contribution in [0, 0.1) is 24.2 Å². The first-order chi connectivity index (χ1) is 17.0. The van der Waals surface area contributed by atoms with Crippen LogP contribution in [0.5, 0.6) is 11.6 Å². The lowest BCUT2D eigenvalue weighted by Crippen LogP contribution is -2.13. The smallest absolute Gasteiger partial charge is 0.265 e. The van der Waals surface area contributed by atoms with Crippen molar-refractivity contribution in [2.75, 3.05) is 10.6 Å². The van der Waals surface area contributed by atoms with Gasteiger partial charge in [0.05, 0.1) is 17.4 Å². The second-order valence-electron chi connectivity index (χ2n) is 8.26. The number of ether oxygens (including phenoxy) is 1. The third-order valence-electron chi connectivity index (χ3n) is 5.61. The van der Waals surface area contributed by atoms with E-state index in [1.165, 1.54) is 0 Å². The Morgan fingerprint density at radius 2 is 2.09 bits per heavy atom. The Balaban J connectivity index is 1.39. The molecule has 9 heteroatoms. The van der Waals surface area contributed by atoms with Crippen LogP contribution in [0.25, 0.3) is 5.52 Å². The Kier molecular flexibility index (Phi) is 6.08. The summed E-state index contributed by atoms with van der Waals surface area (Å²) in [7, 11) is 0. The highest BCUT2D eigenvalue weighted by Crippen LogP contribution is 2.34. The maximum Gasteiger partial charge on any atom is 0.265 e. The van der Waals surface area contributed by atoms with Crippen molar-refractivity contribution in [1.82, 2.24) is 14.4 Å². The van der Waals surface area contributed by atoms with E-state index in [-0.39, 0.29) is 5.57 Å². The van der Waals surface area contributed by atoms with Gasteiger partial charge in [-0.05, 0) is 49.4 Å². The predicted octanol–water partition coefficient (Wildman–Crippen LogP) is 6.03. The van der Waals surface area contributed by atoms with Crippen molar-refractivity contribution >= 4 is 40.2 Å². The fourth-order valence-electron chi connectivity index (χ4n) is 3.54. The zero-order valence-electron chi connectivity index (χ0n) is 18.8. The first kappa shape index (κ1) is 22.4. The summed E-state index contributed by atoms with van der Waals surface area (Å²) in [5.74, 6) is 1.20. The Hall–Kier alpha value is -4.35. The van der Waals surface area contributed by atoms with Crippen LogP contribution in [-0.2, 0) is 4.79 Å². The zero-order valence-corrected chi connectivity index (χ0v) is 19.6. The highest BCUT2D eigenvalue weighted by Gasteiger charge is 2.22. The molecular formula is C26H21ClN6O2. The molecule has 1 saturated carbocycles. The van der Waals surface area contributed by atoms with E-state index < -0.39 is 5.91 Å². The number of para-hydroxylation sites is 1. The van der Waals surface area contributed by atoms with Gasteiger partial charge in [-0.3, -0.25) is 9.20 Å². The number of amides is 1. The molecule has 2 aromatic carbocycles. The van der Waals surface area contributed by atoms with Crippen LogP contribution in [0.2, 0.25) is 5.02 Å². The molecule has 4 aromatic rings. The van der Waals surface area contributed by atoms with E-state index in [4.69, 9.17) is 16.3 Å². The molecule has 1 fully saturated rings.